The van der Waals surface area contributed by atoms with E-state index >= 15 is 0 Å². The third kappa shape index (κ3) is 4.31. The number of nitriles is 1. The monoisotopic (exact) mass is 376 g/mol. The second kappa shape index (κ2) is 7.84. The molecule has 1 heterocycles. The van der Waals surface area contributed by atoms with Crippen LogP contribution in [0.4, 0.5) is 18.9 Å². The van der Waals surface area contributed by atoms with Gasteiger partial charge in [-0.1, -0.05) is 6.08 Å². The van der Waals surface area contributed by atoms with Crippen LogP contribution in [0.15, 0.2) is 36.8 Å². The Labute approximate surface area is 155 Å². The van der Waals surface area contributed by atoms with Gasteiger partial charge in [0.25, 0.3) is 0 Å². The minimum Gasteiger partial charge on any atom is -0.383 e. The van der Waals surface area contributed by atoms with Gasteiger partial charge in [-0.3, -0.25) is 0 Å². The normalized spacial score (nSPS) is 16.9. The zero-order valence-electron chi connectivity index (χ0n) is 14.8. The topological polar surface area (TPSA) is 62.9 Å². The van der Waals surface area contributed by atoms with E-state index in [4.69, 9.17) is 10.00 Å². The third-order valence-corrected chi connectivity index (χ3v) is 4.51. The molecule has 1 aromatic carbocycles. The van der Waals surface area contributed by atoms with Crippen molar-refractivity contribution in [2.45, 2.75) is 31.6 Å². The summed E-state index contributed by atoms with van der Waals surface area (Å²) in [5, 5.41) is 12.0. The molecule has 27 heavy (non-hydrogen) atoms. The summed E-state index contributed by atoms with van der Waals surface area (Å²) in [5.41, 5.74) is 1.16. The van der Waals surface area contributed by atoms with Crippen molar-refractivity contribution in [3.8, 4) is 6.07 Å². The van der Waals surface area contributed by atoms with Crippen LogP contribution in [0.25, 0.3) is 5.57 Å². The van der Waals surface area contributed by atoms with Gasteiger partial charge in [-0.05, 0) is 36.6 Å². The van der Waals surface area contributed by atoms with Crippen LogP contribution in [0.2, 0.25) is 0 Å². The van der Waals surface area contributed by atoms with Crippen LogP contribution in [0.5, 0.6) is 0 Å². The molecule has 5 nitrogen and oxygen atoms in total. The second-order valence-corrected chi connectivity index (χ2v) is 6.35. The number of imidazole rings is 1. The molecule has 0 fully saturated rings. The standard InChI is InChI=1S/C19H19F3N4O/c1-27-7-6-26-12-24-11-18(26)13-2-4-15(8-13)25-16-5-3-14(10-23)17(9-16)19(20,21)22/h2-3,5,9,11-12,15,25H,4,6-8H2,1H3. The van der Waals surface area contributed by atoms with Crippen LogP contribution >= 0.6 is 0 Å². The maximum absolute atomic E-state index is 13.1. The number of nitrogens with zero attached hydrogens (tertiary/aromatic N) is 3. The van der Waals surface area contributed by atoms with Crippen molar-refractivity contribution in [1.82, 2.24) is 9.55 Å². The lowest BCUT2D eigenvalue weighted by Crippen LogP contribution is -2.17. The van der Waals surface area contributed by atoms with Crippen molar-refractivity contribution in [3.05, 3.63) is 53.6 Å². The summed E-state index contributed by atoms with van der Waals surface area (Å²) >= 11 is 0. The van der Waals surface area contributed by atoms with E-state index in [1.165, 1.54) is 12.1 Å². The van der Waals surface area contributed by atoms with Gasteiger partial charge in [-0.25, -0.2) is 4.98 Å². The van der Waals surface area contributed by atoms with E-state index in [2.05, 4.69) is 16.4 Å². The average molecular weight is 376 g/mol. The van der Waals surface area contributed by atoms with Crippen molar-refractivity contribution in [2.24, 2.45) is 0 Å². The largest absolute Gasteiger partial charge is 0.417 e. The van der Waals surface area contributed by atoms with Gasteiger partial charge in [0, 0.05) is 25.4 Å². The molecule has 0 saturated carbocycles. The van der Waals surface area contributed by atoms with Crippen LogP contribution in [0.1, 0.15) is 29.7 Å². The van der Waals surface area contributed by atoms with Gasteiger partial charge >= 0.3 is 6.18 Å². The second-order valence-electron chi connectivity index (χ2n) is 6.35. The molecule has 0 bridgehead atoms. The summed E-state index contributed by atoms with van der Waals surface area (Å²) in [4.78, 5) is 4.18. The Bertz CT molecular complexity index is 880. The lowest BCUT2D eigenvalue weighted by Gasteiger charge is -2.17. The smallest absolute Gasteiger partial charge is 0.383 e. The molecule has 142 valence electrons. The Kier molecular flexibility index (Phi) is 5.51. The van der Waals surface area contributed by atoms with Crippen molar-refractivity contribution >= 4 is 11.3 Å². The highest BCUT2D eigenvalue weighted by Crippen LogP contribution is 2.35. The van der Waals surface area contributed by atoms with Crippen LogP contribution < -0.4 is 5.32 Å². The molecule has 0 spiro atoms. The van der Waals surface area contributed by atoms with Gasteiger partial charge in [-0.2, -0.15) is 18.4 Å². The maximum atomic E-state index is 13.1. The number of anilines is 1. The summed E-state index contributed by atoms with van der Waals surface area (Å²) in [7, 11) is 1.64. The van der Waals surface area contributed by atoms with Gasteiger partial charge in [0.05, 0.1) is 42.0 Å². The molecule has 0 saturated heterocycles. The maximum Gasteiger partial charge on any atom is 0.417 e. The summed E-state index contributed by atoms with van der Waals surface area (Å²) in [6, 6.07) is 5.29. The van der Waals surface area contributed by atoms with Gasteiger partial charge < -0.3 is 14.6 Å². The predicted molar refractivity (Wildman–Crippen MR) is 94.9 cm³/mol. The minimum absolute atomic E-state index is 0.0141. The molecule has 1 aliphatic rings. The molecular weight excluding hydrogens is 357 g/mol. The van der Waals surface area contributed by atoms with Crippen molar-refractivity contribution in [1.29, 1.82) is 5.26 Å². The van der Waals surface area contributed by atoms with E-state index in [9.17, 15) is 13.2 Å². The van der Waals surface area contributed by atoms with E-state index in [-0.39, 0.29) is 11.6 Å². The summed E-state index contributed by atoms with van der Waals surface area (Å²) in [6.45, 7) is 1.26. The molecule has 0 amide bonds. The predicted octanol–water partition coefficient (Wildman–Crippen LogP) is 4.08. The molecular formula is C19H19F3N4O. The first kappa shape index (κ1) is 19.0. The van der Waals surface area contributed by atoms with Gasteiger partial charge in [0.15, 0.2) is 0 Å². The number of rotatable bonds is 6. The Balaban J connectivity index is 1.70. The Morgan fingerprint density at radius 2 is 2.22 bits per heavy atom. The molecule has 0 radical (unpaired) electrons. The van der Waals surface area contributed by atoms with E-state index in [0.29, 0.717) is 31.7 Å². The molecule has 0 aliphatic heterocycles. The van der Waals surface area contributed by atoms with Gasteiger partial charge in [-0.15, -0.1) is 0 Å². The minimum atomic E-state index is -4.56. The van der Waals surface area contributed by atoms with Crippen LogP contribution in [-0.2, 0) is 17.5 Å². The summed E-state index contributed by atoms with van der Waals surface area (Å²) in [6.07, 6.45) is 2.42. The highest BCUT2D eigenvalue weighted by atomic mass is 19.4. The molecule has 3 rings (SSSR count). The lowest BCUT2D eigenvalue weighted by molar-refractivity contribution is -0.137. The first-order chi connectivity index (χ1) is 12.9. The molecule has 1 N–H and O–H groups in total. The SMILES string of the molecule is COCCn1cncc1C1=CCC(Nc2ccc(C#N)c(C(F)(F)F)c2)C1. The molecule has 2 aromatic rings. The number of halogens is 3. The number of aromatic nitrogens is 2. The quantitative estimate of drug-likeness (QED) is 0.825. The number of ether oxygens (including phenoxy) is 1. The number of nitrogens with one attached hydrogen (secondary N) is 1. The van der Waals surface area contributed by atoms with Gasteiger partial charge in [0.1, 0.15) is 0 Å². The van der Waals surface area contributed by atoms with Crippen molar-refractivity contribution in [2.75, 3.05) is 19.0 Å². The van der Waals surface area contributed by atoms with E-state index in [1.54, 1.807) is 25.7 Å². The van der Waals surface area contributed by atoms with E-state index < -0.39 is 11.7 Å². The first-order valence-electron chi connectivity index (χ1n) is 8.48. The molecule has 1 aromatic heterocycles. The number of methoxy groups -OCH3 is 1. The Hall–Kier alpha value is -2.79. The highest BCUT2D eigenvalue weighted by molar-refractivity contribution is 5.67. The number of hydrogen-bond acceptors (Lipinski definition) is 4. The Morgan fingerprint density at radius 3 is 2.93 bits per heavy atom. The fourth-order valence-electron chi connectivity index (χ4n) is 3.19. The van der Waals surface area contributed by atoms with Crippen molar-refractivity contribution < 1.29 is 17.9 Å². The lowest BCUT2D eigenvalue weighted by atomic mass is 10.1. The molecule has 1 unspecified atom stereocenters. The molecule has 1 atom stereocenters. The number of hydrogen-bond donors (Lipinski definition) is 1. The molecule has 1 aliphatic carbocycles. The summed E-state index contributed by atoms with van der Waals surface area (Å²) in [5.74, 6) is 0. The highest BCUT2D eigenvalue weighted by Gasteiger charge is 2.34. The van der Waals surface area contributed by atoms with Crippen LogP contribution in [0.3, 0.4) is 0 Å². The third-order valence-electron chi connectivity index (χ3n) is 4.51. The fourth-order valence-corrected chi connectivity index (χ4v) is 3.19. The number of alkyl halides is 3. The first-order valence-corrected chi connectivity index (χ1v) is 8.48. The van der Waals surface area contributed by atoms with Gasteiger partial charge in [0.2, 0.25) is 0 Å². The van der Waals surface area contributed by atoms with E-state index in [1.807, 2.05) is 4.57 Å². The van der Waals surface area contributed by atoms with Crippen molar-refractivity contribution in [3.63, 3.8) is 0 Å². The Morgan fingerprint density at radius 1 is 1.41 bits per heavy atom. The number of benzene rings is 1. The van der Waals surface area contributed by atoms with Crippen LogP contribution in [0, 0.1) is 11.3 Å². The molecule has 8 heteroatoms. The zero-order chi connectivity index (χ0) is 19.4. The summed E-state index contributed by atoms with van der Waals surface area (Å²) < 4.78 is 46.4. The zero-order valence-corrected chi connectivity index (χ0v) is 14.8. The average Bonchev–Trinajstić information content (AvgIpc) is 3.28. The fraction of sp³-hybridized carbons (Fsp3) is 0.368. The van der Waals surface area contributed by atoms with E-state index in [0.717, 1.165) is 17.3 Å². The van der Waals surface area contributed by atoms with Crippen LogP contribution in [-0.4, -0.2) is 29.3 Å².